The van der Waals surface area contributed by atoms with Gasteiger partial charge in [0.15, 0.2) is 0 Å². The van der Waals surface area contributed by atoms with Crippen molar-refractivity contribution in [3.05, 3.63) is 51.7 Å². The van der Waals surface area contributed by atoms with Crippen LogP contribution in [0.1, 0.15) is 5.56 Å². The minimum Gasteiger partial charge on any atom is -0.347 e. The first-order chi connectivity index (χ1) is 9.66. The van der Waals surface area contributed by atoms with Gasteiger partial charge in [-0.1, -0.05) is 23.7 Å². The van der Waals surface area contributed by atoms with Crippen molar-refractivity contribution in [1.29, 1.82) is 0 Å². The van der Waals surface area contributed by atoms with Gasteiger partial charge >= 0.3 is 11.8 Å². The Morgan fingerprint density at radius 2 is 1.95 bits per heavy atom. The number of rotatable bonds is 4. The monoisotopic (exact) mass is 308 g/mol. The average Bonchev–Trinajstić information content (AvgIpc) is 2.94. The van der Waals surface area contributed by atoms with Crippen LogP contribution >= 0.6 is 22.9 Å². The van der Waals surface area contributed by atoms with Gasteiger partial charge in [0.05, 0.1) is 10.7 Å². The third kappa shape index (κ3) is 4.08. The Hall–Kier alpha value is -1.85. The van der Waals surface area contributed by atoms with Crippen LogP contribution in [-0.2, 0) is 16.0 Å². The van der Waals surface area contributed by atoms with E-state index in [2.05, 4.69) is 10.6 Å². The smallest absolute Gasteiger partial charge is 0.313 e. The molecular weight excluding hydrogens is 296 g/mol. The molecular formula is C14H13ClN2O2S. The third-order valence-corrected chi connectivity index (χ3v) is 3.67. The van der Waals surface area contributed by atoms with Gasteiger partial charge in [-0.25, -0.2) is 0 Å². The molecule has 1 heterocycles. The lowest BCUT2D eigenvalue weighted by Gasteiger charge is -2.07. The molecule has 0 saturated carbocycles. The maximum absolute atomic E-state index is 11.7. The van der Waals surface area contributed by atoms with Crippen LogP contribution in [0.4, 0.5) is 5.69 Å². The lowest BCUT2D eigenvalue weighted by molar-refractivity contribution is -0.136. The number of carbonyl (C=O) groups excluding carboxylic acids is 2. The van der Waals surface area contributed by atoms with Crippen molar-refractivity contribution in [3.63, 3.8) is 0 Å². The molecule has 0 unspecified atom stereocenters. The number of thiophene rings is 1. The molecule has 104 valence electrons. The van der Waals surface area contributed by atoms with E-state index in [0.29, 0.717) is 23.7 Å². The molecule has 2 amide bonds. The van der Waals surface area contributed by atoms with Gasteiger partial charge in [-0.2, -0.15) is 11.3 Å². The van der Waals surface area contributed by atoms with Crippen molar-refractivity contribution in [2.45, 2.75) is 6.42 Å². The highest BCUT2D eigenvalue weighted by Crippen LogP contribution is 2.20. The number of nitrogens with one attached hydrogen (secondary N) is 2. The van der Waals surface area contributed by atoms with Crippen LogP contribution in [0.25, 0.3) is 0 Å². The molecule has 0 spiro atoms. The summed E-state index contributed by atoms with van der Waals surface area (Å²) in [6.45, 7) is 0.422. The van der Waals surface area contributed by atoms with Crippen LogP contribution < -0.4 is 10.6 Å². The van der Waals surface area contributed by atoms with Gasteiger partial charge in [-0.15, -0.1) is 0 Å². The number of amides is 2. The predicted molar refractivity (Wildman–Crippen MR) is 81.1 cm³/mol. The van der Waals surface area contributed by atoms with Gasteiger partial charge in [0.25, 0.3) is 0 Å². The summed E-state index contributed by atoms with van der Waals surface area (Å²) in [6.07, 6.45) is 0.703. The Bertz CT molecular complexity index is 599. The first-order valence-electron chi connectivity index (χ1n) is 6.01. The molecule has 0 aliphatic carbocycles. The molecule has 0 aliphatic rings. The highest BCUT2D eigenvalue weighted by molar-refractivity contribution is 7.07. The fourth-order valence-corrected chi connectivity index (χ4v) is 2.46. The quantitative estimate of drug-likeness (QED) is 0.853. The summed E-state index contributed by atoms with van der Waals surface area (Å²) in [5.41, 5.74) is 1.56. The van der Waals surface area contributed by atoms with Crippen molar-refractivity contribution in [2.24, 2.45) is 0 Å². The van der Waals surface area contributed by atoms with Crippen LogP contribution in [0.15, 0.2) is 41.1 Å². The summed E-state index contributed by atoms with van der Waals surface area (Å²) in [5, 5.41) is 9.42. The molecule has 20 heavy (non-hydrogen) atoms. The number of para-hydroxylation sites is 1. The molecule has 0 aliphatic heterocycles. The van der Waals surface area contributed by atoms with Crippen LogP contribution in [-0.4, -0.2) is 18.4 Å². The largest absolute Gasteiger partial charge is 0.347 e. The second-order valence-corrected chi connectivity index (χ2v) is 5.26. The molecule has 2 N–H and O–H groups in total. The second-order valence-electron chi connectivity index (χ2n) is 4.07. The minimum atomic E-state index is -0.719. The van der Waals surface area contributed by atoms with E-state index in [-0.39, 0.29) is 0 Å². The Labute approximate surface area is 125 Å². The van der Waals surface area contributed by atoms with E-state index in [0.717, 1.165) is 5.56 Å². The van der Waals surface area contributed by atoms with Crippen molar-refractivity contribution < 1.29 is 9.59 Å². The molecule has 0 atom stereocenters. The van der Waals surface area contributed by atoms with Crippen molar-refractivity contribution in [2.75, 3.05) is 11.9 Å². The SMILES string of the molecule is O=C(NCCc1ccsc1)C(=O)Nc1ccccc1Cl. The van der Waals surface area contributed by atoms with Crippen LogP contribution in [0.2, 0.25) is 5.02 Å². The van der Waals surface area contributed by atoms with Gasteiger partial charge in [0.2, 0.25) is 0 Å². The fourth-order valence-electron chi connectivity index (χ4n) is 1.58. The second kappa shape index (κ2) is 7.07. The van der Waals surface area contributed by atoms with Crippen LogP contribution in [0.3, 0.4) is 0 Å². The maximum Gasteiger partial charge on any atom is 0.313 e. The van der Waals surface area contributed by atoms with Crippen molar-refractivity contribution in [3.8, 4) is 0 Å². The van der Waals surface area contributed by atoms with Gasteiger partial charge < -0.3 is 10.6 Å². The molecule has 0 saturated heterocycles. The summed E-state index contributed by atoms with van der Waals surface area (Å²) in [5.74, 6) is -1.39. The summed E-state index contributed by atoms with van der Waals surface area (Å²) in [6, 6.07) is 8.75. The highest BCUT2D eigenvalue weighted by Gasteiger charge is 2.14. The highest BCUT2D eigenvalue weighted by atomic mass is 35.5. The number of hydrogen-bond donors (Lipinski definition) is 2. The number of benzene rings is 1. The van der Waals surface area contributed by atoms with Crippen LogP contribution in [0, 0.1) is 0 Å². The van der Waals surface area contributed by atoms with E-state index < -0.39 is 11.8 Å². The Balaban J connectivity index is 1.80. The Morgan fingerprint density at radius 1 is 1.15 bits per heavy atom. The zero-order chi connectivity index (χ0) is 14.4. The first-order valence-corrected chi connectivity index (χ1v) is 7.33. The van der Waals surface area contributed by atoms with Gasteiger partial charge in [-0.05, 0) is 40.9 Å². The van der Waals surface area contributed by atoms with E-state index >= 15 is 0 Å². The zero-order valence-corrected chi connectivity index (χ0v) is 12.1. The van der Waals surface area contributed by atoms with Crippen molar-refractivity contribution >= 4 is 40.4 Å². The predicted octanol–water partition coefficient (Wildman–Crippen LogP) is 2.70. The molecule has 0 fully saturated rings. The molecule has 2 rings (SSSR count). The number of carbonyl (C=O) groups is 2. The van der Waals surface area contributed by atoms with Gasteiger partial charge in [0, 0.05) is 6.54 Å². The van der Waals surface area contributed by atoms with E-state index in [9.17, 15) is 9.59 Å². The van der Waals surface area contributed by atoms with Crippen LogP contribution in [0.5, 0.6) is 0 Å². The molecule has 1 aromatic carbocycles. The minimum absolute atomic E-state index is 0.395. The normalized spacial score (nSPS) is 10.1. The fraction of sp³-hybridized carbons (Fsp3) is 0.143. The van der Waals surface area contributed by atoms with Crippen molar-refractivity contribution in [1.82, 2.24) is 5.32 Å². The molecule has 0 radical (unpaired) electrons. The average molecular weight is 309 g/mol. The zero-order valence-electron chi connectivity index (χ0n) is 10.6. The molecule has 2 aromatic rings. The standard InChI is InChI=1S/C14H13ClN2O2S/c15-11-3-1-2-4-12(11)17-14(19)13(18)16-7-5-10-6-8-20-9-10/h1-4,6,8-9H,5,7H2,(H,16,18)(H,17,19). The number of halogens is 1. The Morgan fingerprint density at radius 3 is 2.65 bits per heavy atom. The summed E-state index contributed by atoms with van der Waals surface area (Å²) >= 11 is 7.50. The summed E-state index contributed by atoms with van der Waals surface area (Å²) in [7, 11) is 0. The number of anilines is 1. The van der Waals surface area contributed by atoms with E-state index in [1.54, 1.807) is 35.6 Å². The molecule has 1 aromatic heterocycles. The first kappa shape index (κ1) is 14.6. The van der Waals surface area contributed by atoms with E-state index in [1.165, 1.54) is 0 Å². The number of hydrogen-bond acceptors (Lipinski definition) is 3. The third-order valence-electron chi connectivity index (χ3n) is 2.61. The summed E-state index contributed by atoms with van der Waals surface area (Å²) < 4.78 is 0. The molecule has 4 nitrogen and oxygen atoms in total. The maximum atomic E-state index is 11.7. The van der Waals surface area contributed by atoms with E-state index in [1.807, 2.05) is 16.8 Å². The van der Waals surface area contributed by atoms with Gasteiger partial charge in [-0.3, -0.25) is 9.59 Å². The Kier molecular flexibility index (Phi) is 5.15. The molecule has 6 heteroatoms. The lowest BCUT2D eigenvalue weighted by Crippen LogP contribution is -2.36. The lowest BCUT2D eigenvalue weighted by atomic mass is 10.2. The van der Waals surface area contributed by atoms with E-state index in [4.69, 9.17) is 11.6 Å². The topological polar surface area (TPSA) is 58.2 Å². The van der Waals surface area contributed by atoms with Gasteiger partial charge in [0.1, 0.15) is 0 Å². The molecule has 0 bridgehead atoms. The summed E-state index contributed by atoms with van der Waals surface area (Å²) in [4.78, 5) is 23.3.